The summed E-state index contributed by atoms with van der Waals surface area (Å²) in [5, 5.41) is 2.93. The Kier molecular flexibility index (Phi) is 11.5. The normalized spacial score (nSPS) is 17.5. The second kappa shape index (κ2) is 15.8. The van der Waals surface area contributed by atoms with Crippen molar-refractivity contribution < 1.29 is 33.4 Å². The third-order valence-electron chi connectivity index (χ3n) is 9.10. The molecule has 1 aromatic heterocycles. The van der Waals surface area contributed by atoms with Gasteiger partial charge >= 0.3 is 12.1 Å². The minimum atomic E-state index is -1.20. The van der Waals surface area contributed by atoms with Crippen molar-refractivity contribution in [2.45, 2.75) is 71.7 Å². The lowest BCUT2D eigenvalue weighted by molar-refractivity contribution is -0.160. The lowest BCUT2D eigenvalue weighted by atomic mass is 9.81. The Morgan fingerprint density at radius 1 is 1.02 bits per heavy atom. The number of amides is 6. The number of likely N-dealkylation sites (tertiary alicyclic amines) is 1. The van der Waals surface area contributed by atoms with Crippen molar-refractivity contribution in [2.75, 3.05) is 32.6 Å². The van der Waals surface area contributed by atoms with Gasteiger partial charge in [0.05, 0.1) is 25.6 Å². The molecule has 280 valence electrons. The fourth-order valence-electron chi connectivity index (χ4n) is 6.37. The lowest BCUT2D eigenvalue weighted by Gasteiger charge is -2.46. The van der Waals surface area contributed by atoms with Gasteiger partial charge in [-0.3, -0.25) is 34.0 Å². The first-order valence-electron chi connectivity index (χ1n) is 17.5. The monoisotopic (exact) mass is 725 g/mol. The number of ether oxygens (including phenoxy) is 2. The van der Waals surface area contributed by atoms with Gasteiger partial charge in [0.25, 0.3) is 11.8 Å². The molecule has 1 N–H and O–H groups in total. The molecule has 0 unspecified atom stereocenters. The average molecular weight is 726 g/mol. The fourth-order valence-corrected chi connectivity index (χ4v) is 6.37. The van der Waals surface area contributed by atoms with Crippen LogP contribution in [0, 0.1) is 12.8 Å². The van der Waals surface area contributed by atoms with Crippen LogP contribution in [0.5, 0.6) is 5.75 Å². The first-order chi connectivity index (χ1) is 25.1. The predicted octanol–water partition coefficient (Wildman–Crippen LogP) is 4.86. The number of urea groups is 1. The van der Waals surface area contributed by atoms with Crippen LogP contribution < -0.4 is 15.0 Å². The lowest BCUT2D eigenvalue weighted by Crippen LogP contribution is -2.71. The van der Waals surface area contributed by atoms with Crippen molar-refractivity contribution in [3.05, 3.63) is 89.1 Å². The number of imide groups is 1. The Bertz CT molecular complexity index is 1890. The zero-order valence-electron chi connectivity index (χ0n) is 31.5. The molecule has 5 rings (SSSR count). The highest BCUT2D eigenvalue weighted by atomic mass is 16.6. The van der Waals surface area contributed by atoms with Gasteiger partial charge in [0, 0.05) is 19.8 Å². The van der Waals surface area contributed by atoms with Crippen molar-refractivity contribution >= 4 is 41.6 Å². The predicted molar refractivity (Wildman–Crippen MR) is 198 cm³/mol. The molecule has 0 spiro atoms. The minimum Gasteiger partial charge on any atom is -0.497 e. The zero-order valence-corrected chi connectivity index (χ0v) is 31.5. The summed E-state index contributed by atoms with van der Waals surface area (Å²) in [5.41, 5.74) is 2.05. The number of anilines is 1. The third kappa shape index (κ3) is 8.65. The zero-order chi connectivity index (χ0) is 38.6. The third-order valence-corrected chi connectivity index (χ3v) is 9.10. The molecule has 3 heterocycles. The molecule has 1 saturated heterocycles. The molecule has 3 atom stereocenters. The molecule has 0 saturated carbocycles. The van der Waals surface area contributed by atoms with Gasteiger partial charge in [-0.05, 0) is 81.5 Å². The van der Waals surface area contributed by atoms with Crippen LogP contribution in [0.4, 0.5) is 15.4 Å². The van der Waals surface area contributed by atoms with E-state index in [0.29, 0.717) is 29.2 Å². The van der Waals surface area contributed by atoms with E-state index in [1.165, 1.54) is 28.8 Å². The largest absolute Gasteiger partial charge is 0.497 e. The van der Waals surface area contributed by atoms with Crippen LogP contribution in [-0.4, -0.2) is 94.9 Å². The number of aromatic nitrogens is 1. The summed E-state index contributed by atoms with van der Waals surface area (Å²) in [6.45, 7) is 9.03. The highest BCUT2D eigenvalue weighted by molar-refractivity contribution is 6.14. The maximum absolute atomic E-state index is 14.2. The molecule has 53 heavy (non-hydrogen) atoms. The number of hydrogen-bond acceptors (Lipinski definition) is 9. The summed E-state index contributed by atoms with van der Waals surface area (Å²) in [5.74, 6) is -1.25. The molecule has 2 aliphatic heterocycles. The number of nitrogens with zero attached hydrogens (tertiary/aromatic N) is 6. The highest BCUT2D eigenvalue weighted by Crippen LogP contribution is 2.34. The van der Waals surface area contributed by atoms with E-state index < -0.39 is 47.5 Å². The Morgan fingerprint density at radius 2 is 1.70 bits per heavy atom. The number of rotatable bonds is 10. The van der Waals surface area contributed by atoms with Gasteiger partial charge in [-0.1, -0.05) is 49.4 Å². The number of carbonyl (C=O) groups is 5. The smallest absolute Gasteiger partial charge is 0.416 e. The van der Waals surface area contributed by atoms with Gasteiger partial charge in [-0.15, -0.1) is 0 Å². The van der Waals surface area contributed by atoms with Crippen LogP contribution in [0.25, 0.3) is 0 Å². The number of likely N-dealkylation sites (N-methyl/N-ethyl adjacent to an activating group) is 2. The molecule has 0 bridgehead atoms. The van der Waals surface area contributed by atoms with E-state index in [4.69, 9.17) is 9.47 Å². The quantitative estimate of drug-likeness (QED) is 0.291. The van der Waals surface area contributed by atoms with Crippen LogP contribution in [0.15, 0.2) is 71.7 Å². The number of benzene rings is 2. The molecule has 0 radical (unpaired) electrons. The van der Waals surface area contributed by atoms with Crippen molar-refractivity contribution in [1.29, 1.82) is 0 Å². The molecule has 14 heteroatoms. The minimum absolute atomic E-state index is 0.0606. The summed E-state index contributed by atoms with van der Waals surface area (Å²) < 4.78 is 11.0. The Balaban J connectivity index is 1.46. The number of aryl methyl sites for hydroxylation is 1. The maximum atomic E-state index is 14.2. The molecule has 2 aromatic carbocycles. The van der Waals surface area contributed by atoms with Crippen molar-refractivity contribution in [3.8, 4) is 5.75 Å². The molecular formula is C39H47N7O7. The van der Waals surface area contributed by atoms with Crippen molar-refractivity contribution in [1.82, 2.24) is 25.0 Å². The van der Waals surface area contributed by atoms with E-state index in [-0.39, 0.29) is 31.4 Å². The molecule has 2 aliphatic rings. The molecule has 3 aromatic rings. The van der Waals surface area contributed by atoms with Crippen LogP contribution in [0.3, 0.4) is 0 Å². The van der Waals surface area contributed by atoms with Crippen molar-refractivity contribution in [3.63, 3.8) is 0 Å². The first kappa shape index (κ1) is 38.4. The number of methoxy groups -OCH3 is 1. The summed E-state index contributed by atoms with van der Waals surface area (Å²) in [6, 6.07) is 17.8. The highest BCUT2D eigenvalue weighted by Gasteiger charge is 2.56. The SMILES string of the molecule is CC[C@@H](NC(=O)N1C(=O)[C@H](Cc2cc(C)nc(N(Cc3ccc(OC)cc3)C(=O)OC(C)(C)C)c2)[C@H]1C(=O)N(C)C1=NCC(=O)N1C)c1ccccc1. The number of β-lactam (4-membered cyclic amide) rings is 1. The molecular weight excluding hydrogens is 678 g/mol. The Hall–Kier alpha value is -5.79. The molecule has 0 aliphatic carbocycles. The number of carbonyl (C=O) groups excluding carboxylic acids is 5. The molecule has 1 fully saturated rings. The Morgan fingerprint density at radius 3 is 2.28 bits per heavy atom. The summed E-state index contributed by atoms with van der Waals surface area (Å²) in [4.78, 5) is 81.6. The average Bonchev–Trinajstić information content (AvgIpc) is 3.46. The Labute approximate surface area is 309 Å². The maximum Gasteiger partial charge on any atom is 0.416 e. The topological polar surface area (TPSA) is 154 Å². The van der Waals surface area contributed by atoms with Crippen LogP contribution in [-0.2, 0) is 32.1 Å². The van der Waals surface area contributed by atoms with Gasteiger partial charge in [0.2, 0.25) is 11.9 Å². The fraction of sp³-hybridized carbons (Fsp3) is 0.410. The van der Waals surface area contributed by atoms with Gasteiger partial charge in [-0.2, -0.15) is 0 Å². The van der Waals surface area contributed by atoms with Crippen LogP contribution in [0.2, 0.25) is 0 Å². The number of aliphatic imine (C=N–C) groups is 1. The van der Waals surface area contributed by atoms with E-state index in [9.17, 15) is 24.0 Å². The summed E-state index contributed by atoms with van der Waals surface area (Å²) in [6.07, 6.45) is -0.00683. The molecule has 6 amide bonds. The van der Waals surface area contributed by atoms with Gasteiger partial charge in [0.1, 0.15) is 29.8 Å². The van der Waals surface area contributed by atoms with Gasteiger partial charge in [-0.25, -0.2) is 19.6 Å². The van der Waals surface area contributed by atoms with Crippen LogP contribution >= 0.6 is 0 Å². The summed E-state index contributed by atoms with van der Waals surface area (Å²) in [7, 11) is 4.56. The number of nitrogens with one attached hydrogen (secondary N) is 1. The molecule has 14 nitrogen and oxygen atoms in total. The van der Waals surface area contributed by atoms with E-state index in [1.807, 2.05) is 49.4 Å². The van der Waals surface area contributed by atoms with Gasteiger partial charge in [0.15, 0.2) is 0 Å². The van der Waals surface area contributed by atoms with Gasteiger partial charge < -0.3 is 14.8 Å². The van der Waals surface area contributed by atoms with E-state index in [2.05, 4.69) is 15.3 Å². The number of guanidine groups is 1. The van der Waals surface area contributed by atoms with E-state index in [0.717, 1.165) is 16.0 Å². The summed E-state index contributed by atoms with van der Waals surface area (Å²) >= 11 is 0. The first-order valence-corrected chi connectivity index (χ1v) is 17.5. The second-order valence-corrected chi connectivity index (χ2v) is 14.1. The number of pyridine rings is 1. The second-order valence-electron chi connectivity index (χ2n) is 14.1. The number of hydrogen-bond donors (Lipinski definition) is 1. The van der Waals surface area contributed by atoms with E-state index >= 15 is 0 Å². The standard InChI is InChI=1S/C39H47N7O7/c1-9-30(27-13-11-10-12-14-27)42-37(50)46-33(35(49)44(7)36-40-22-32(47)43(36)6)29(34(46)48)20-26-19-24(2)41-31(21-26)45(38(51)53-39(3,4)5)23-25-15-17-28(52-8)18-16-25/h10-19,21,29-30,33H,9,20,22-23H2,1-8H3,(H,42,50)/t29-,30-,33+/m1/s1. The van der Waals surface area contributed by atoms with Crippen LogP contribution in [0.1, 0.15) is 62.5 Å². The van der Waals surface area contributed by atoms with Crippen molar-refractivity contribution in [2.24, 2.45) is 10.9 Å². The van der Waals surface area contributed by atoms with E-state index in [1.54, 1.807) is 59.1 Å².